The smallest absolute Gasteiger partial charge is 0.269 e. The van der Waals surface area contributed by atoms with E-state index in [4.69, 9.17) is 4.74 Å². The standard InChI is InChI=1S/C19H21N3O6S/c23-19(14-28-17-8-6-16(7-9-17)22(24)25)20-15-4-10-18(11-5-15)29(26,27)21-12-2-1-3-13-21/h4-11H,1-3,12-14H2,(H,20,23). The molecule has 1 amide bonds. The number of nitrogens with zero attached hydrogens (tertiary/aromatic N) is 2. The lowest BCUT2D eigenvalue weighted by molar-refractivity contribution is -0.384. The van der Waals surface area contributed by atoms with Gasteiger partial charge in [0.05, 0.1) is 9.82 Å². The highest BCUT2D eigenvalue weighted by molar-refractivity contribution is 7.89. The molecule has 2 aromatic rings. The predicted molar refractivity (Wildman–Crippen MR) is 106 cm³/mol. The van der Waals surface area contributed by atoms with Crippen LogP contribution in [0.4, 0.5) is 11.4 Å². The summed E-state index contributed by atoms with van der Waals surface area (Å²) in [6, 6.07) is 11.4. The van der Waals surface area contributed by atoms with Gasteiger partial charge in [0, 0.05) is 30.9 Å². The van der Waals surface area contributed by atoms with E-state index in [1.165, 1.54) is 52.8 Å². The van der Waals surface area contributed by atoms with Gasteiger partial charge in [-0.3, -0.25) is 14.9 Å². The van der Waals surface area contributed by atoms with Gasteiger partial charge in [-0.25, -0.2) is 8.42 Å². The van der Waals surface area contributed by atoms with Gasteiger partial charge in [0.2, 0.25) is 10.0 Å². The maximum atomic E-state index is 12.6. The second kappa shape index (κ2) is 9.01. The summed E-state index contributed by atoms with van der Waals surface area (Å²) in [4.78, 5) is 22.3. The normalized spacial score (nSPS) is 14.9. The number of rotatable bonds is 7. The number of nitro groups is 1. The number of hydrogen-bond acceptors (Lipinski definition) is 6. The van der Waals surface area contributed by atoms with E-state index < -0.39 is 20.9 Å². The van der Waals surface area contributed by atoms with Crippen molar-refractivity contribution < 1.29 is 22.9 Å². The first kappa shape index (κ1) is 20.7. The Bertz CT molecular complexity index is 968. The number of nitrogens with one attached hydrogen (secondary N) is 1. The number of benzene rings is 2. The van der Waals surface area contributed by atoms with Crippen molar-refractivity contribution in [1.29, 1.82) is 0 Å². The second-order valence-electron chi connectivity index (χ2n) is 6.58. The van der Waals surface area contributed by atoms with Crippen LogP contribution in [0, 0.1) is 10.1 Å². The van der Waals surface area contributed by atoms with Crippen molar-refractivity contribution in [2.24, 2.45) is 0 Å². The average Bonchev–Trinajstić information content (AvgIpc) is 2.73. The molecule has 1 fully saturated rings. The molecule has 9 nitrogen and oxygen atoms in total. The lowest BCUT2D eigenvalue weighted by Gasteiger charge is -2.25. The highest BCUT2D eigenvalue weighted by Crippen LogP contribution is 2.22. The molecule has 154 valence electrons. The molecule has 0 unspecified atom stereocenters. The van der Waals surface area contributed by atoms with Crippen molar-refractivity contribution in [2.75, 3.05) is 25.0 Å². The summed E-state index contributed by atoms with van der Waals surface area (Å²) in [6.45, 7) is 0.771. The minimum Gasteiger partial charge on any atom is -0.484 e. The van der Waals surface area contributed by atoms with Crippen molar-refractivity contribution in [2.45, 2.75) is 24.2 Å². The molecule has 1 aliphatic heterocycles. The van der Waals surface area contributed by atoms with Crippen LogP contribution < -0.4 is 10.1 Å². The van der Waals surface area contributed by atoms with Gasteiger partial charge in [-0.15, -0.1) is 0 Å². The van der Waals surface area contributed by atoms with Gasteiger partial charge in [0.1, 0.15) is 5.75 Å². The molecule has 3 rings (SSSR count). The predicted octanol–water partition coefficient (Wildman–Crippen LogP) is 2.79. The quantitative estimate of drug-likeness (QED) is 0.544. The maximum absolute atomic E-state index is 12.6. The largest absolute Gasteiger partial charge is 0.484 e. The summed E-state index contributed by atoms with van der Waals surface area (Å²) < 4.78 is 32.0. The molecule has 1 aliphatic rings. The second-order valence-corrected chi connectivity index (χ2v) is 8.51. The van der Waals surface area contributed by atoms with Gasteiger partial charge in [-0.2, -0.15) is 4.31 Å². The molecule has 0 radical (unpaired) electrons. The van der Waals surface area contributed by atoms with Gasteiger partial charge < -0.3 is 10.1 Å². The fourth-order valence-electron chi connectivity index (χ4n) is 2.97. The van der Waals surface area contributed by atoms with E-state index in [0.29, 0.717) is 24.5 Å². The molecule has 2 aromatic carbocycles. The fraction of sp³-hybridized carbons (Fsp3) is 0.316. The van der Waals surface area contributed by atoms with E-state index in [1.54, 1.807) is 0 Å². The van der Waals surface area contributed by atoms with Crippen LogP contribution in [0.15, 0.2) is 53.4 Å². The molecular weight excluding hydrogens is 398 g/mol. The van der Waals surface area contributed by atoms with Gasteiger partial charge in [-0.05, 0) is 49.2 Å². The summed E-state index contributed by atoms with van der Waals surface area (Å²) >= 11 is 0. The van der Waals surface area contributed by atoms with E-state index >= 15 is 0 Å². The summed E-state index contributed by atoms with van der Waals surface area (Å²) in [6.07, 6.45) is 2.77. The molecule has 0 aliphatic carbocycles. The first-order chi connectivity index (χ1) is 13.9. The molecule has 0 saturated carbocycles. The third kappa shape index (κ3) is 5.30. The third-order valence-corrected chi connectivity index (χ3v) is 6.42. The van der Waals surface area contributed by atoms with Crippen LogP contribution in [0.5, 0.6) is 5.75 Å². The van der Waals surface area contributed by atoms with E-state index in [2.05, 4.69) is 5.32 Å². The molecule has 1 heterocycles. The number of sulfonamides is 1. The first-order valence-corrected chi connectivity index (χ1v) is 10.6. The number of anilines is 1. The summed E-state index contributed by atoms with van der Waals surface area (Å²) in [7, 11) is -3.52. The van der Waals surface area contributed by atoms with Crippen molar-refractivity contribution in [1.82, 2.24) is 4.31 Å². The van der Waals surface area contributed by atoms with Crippen LogP contribution in [0.25, 0.3) is 0 Å². The fourth-order valence-corrected chi connectivity index (χ4v) is 4.49. The molecule has 1 saturated heterocycles. The molecule has 0 aromatic heterocycles. The minimum absolute atomic E-state index is 0.0682. The van der Waals surface area contributed by atoms with Gasteiger partial charge in [0.25, 0.3) is 11.6 Å². The highest BCUT2D eigenvalue weighted by atomic mass is 32.2. The molecule has 29 heavy (non-hydrogen) atoms. The minimum atomic E-state index is -3.52. The van der Waals surface area contributed by atoms with Crippen LogP contribution in [-0.4, -0.2) is 43.2 Å². The van der Waals surface area contributed by atoms with Crippen LogP contribution >= 0.6 is 0 Å². The lowest BCUT2D eigenvalue weighted by Crippen LogP contribution is -2.35. The Morgan fingerprint density at radius 3 is 2.24 bits per heavy atom. The van der Waals surface area contributed by atoms with Crippen LogP contribution in [-0.2, 0) is 14.8 Å². The average molecular weight is 419 g/mol. The van der Waals surface area contributed by atoms with E-state index in [0.717, 1.165) is 19.3 Å². The number of amides is 1. The SMILES string of the molecule is O=C(COc1ccc([N+](=O)[O-])cc1)Nc1ccc(S(=O)(=O)N2CCCCC2)cc1. The molecule has 1 N–H and O–H groups in total. The monoisotopic (exact) mass is 419 g/mol. The van der Waals surface area contributed by atoms with Crippen molar-refractivity contribution in [3.05, 3.63) is 58.6 Å². The molecule has 10 heteroatoms. The number of hydrogen-bond donors (Lipinski definition) is 1. The highest BCUT2D eigenvalue weighted by Gasteiger charge is 2.25. The maximum Gasteiger partial charge on any atom is 0.269 e. The number of ether oxygens (including phenoxy) is 1. The summed E-state index contributed by atoms with van der Waals surface area (Å²) in [5, 5.41) is 13.2. The Morgan fingerprint density at radius 2 is 1.66 bits per heavy atom. The summed E-state index contributed by atoms with van der Waals surface area (Å²) in [5.74, 6) is -0.108. The Labute approximate surface area is 168 Å². The zero-order valence-electron chi connectivity index (χ0n) is 15.6. The van der Waals surface area contributed by atoms with Gasteiger partial charge in [-0.1, -0.05) is 6.42 Å². The summed E-state index contributed by atoms with van der Waals surface area (Å²) in [5.41, 5.74) is 0.376. The first-order valence-electron chi connectivity index (χ1n) is 9.13. The Morgan fingerprint density at radius 1 is 1.03 bits per heavy atom. The van der Waals surface area contributed by atoms with Crippen LogP contribution in [0.3, 0.4) is 0 Å². The molecular formula is C19H21N3O6S. The number of non-ortho nitro benzene ring substituents is 1. The molecule has 0 bridgehead atoms. The molecule has 0 atom stereocenters. The van der Waals surface area contributed by atoms with Crippen molar-refractivity contribution in [3.63, 3.8) is 0 Å². The zero-order chi connectivity index (χ0) is 20.9. The lowest BCUT2D eigenvalue weighted by atomic mass is 10.2. The topological polar surface area (TPSA) is 119 Å². The van der Waals surface area contributed by atoms with E-state index in [-0.39, 0.29) is 17.2 Å². The van der Waals surface area contributed by atoms with Gasteiger partial charge in [0.15, 0.2) is 6.61 Å². The number of nitro benzene ring substituents is 1. The van der Waals surface area contributed by atoms with Crippen LogP contribution in [0.2, 0.25) is 0 Å². The van der Waals surface area contributed by atoms with Gasteiger partial charge >= 0.3 is 0 Å². The number of carbonyl (C=O) groups excluding carboxylic acids is 1. The number of carbonyl (C=O) groups is 1. The number of piperidine rings is 1. The Balaban J connectivity index is 1.55. The zero-order valence-corrected chi connectivity index (χ0v) is 16.4. The Hall–Kier alpha value is -2.98. The van der Waals surface area contributed by atoms with E-state index in [1.807, 2.05) is 0 Å². The third-order valence-electron chi connectivity index (χ3n) is 4.51. The van der Waals surface area contributed by atoms with Crippen molar-refractivity contribution in [3.8, 4) is 5.75 Å². The van der Waals surface area contributed by atoms with Crippen molar-refractivity contribution >= 4 is 27.3 Å². The van der Waals surface area contributed by atoms with E-state index in [9.17, 15) is 23.3 Å². The van der Waals surface area contributed by atoms with Crippen LogP contribution in [0.1, 0.15) is 19.3 Å². The Kier molecular flexibility index (Phi) is 6.45. The molecule has 0 spiro atoms.